The molecule has 0 fully saturated rings. The van der Waals surface area contributed by atoms with Crippen molar-refractivity contribution >= 4 is 5.69 Å². The third kappa shape index (κ3) is 2.18. The first-order valence-corrected chi connectivity index (χ1v) is 5.02. The first kappa shape index (κ1) is 9.78. The van der Waals surface area contributed by atoms with Crippen LogP contribution in [0.1, 0.15) is 0 Å². The highest BCUT2D eigenvalue weighted by Gasteiger charge is 1.99. The fourth-order valence-corrected chi connectivity index (χ4v) is 1.52. The maximum Gasteiger partial charge on any atom is 0.0447 e. The third-order valence-electron chi connectivity index (χ3n) is 2.38. The first-order valence-electron chi connectivity index (χ1n) is 5.02. The Morgan fingerprint density at radius 3 is 2.33 bits per heavy atom. The van der Waals surface area contributed by atoms with Crippen LogP contribution in [0.4, 0.5) is 5.69 Å². The van der Waals surface area contributed by atoms with E-state index in [2.05, 4.69) is 47.4 Å². The second kappa shape index (κ2) is 4.18. The minimum atomic E-state index is 1.11. The summed E-state index contributed by atoms with van der Waals surface area (Å²) in [5, 5.41) is 0. The lowest BCUT2D eigenvalue weighted by atomic mass is 10.1. The molecule has 0 saturated carbocycles. The number of hydrogen-bond acceptors (Lipinski definition) is 1. The molecule has 1 heteroatoms. The van der Waals surface area contributed by atoms with Gasteiger partial charge in [0.2, 0.25) is 0 Å². The fourth-order valence-electron chi connectivity index (χ4n) is 1.52. The standard InChI is InChI=1S/C14H14N/c1-15(2)14-10-6-9-13(11-14)12-7-4-3-5-8-12/h3-9,11H,1-2H3. The summed E-state index contributed by atoms with van der Waals surface area (Å²) in [5.41, 5.74) is 3.59. The van der Waals surface area contributed by atoms with Gasteiger partial charge in [-0.15, -0.1) is 0 Å². The molecule has 0 saturated heterocycles. The lowest BCUT2D eigenvalue weighted by Crippen LogP contribution is -2.08. The van der Waals surface area contributed by atoms with Crippen molar-refractivity contribution in [3.05, 3.63) is 54.6 Å². The van der Waals surface area contributed by atoms with Gasteiger partial charge in [-0.25, -0.2) is 0 Å². The Morgan fingerprint density at radius 1 is 0.933 bits per heavy atom. The minimum Gasteiger partial charge on any atom is -0.377 e. The first-order chi connectivity index (χ1) is 7.27. The Morgan fingerprint density at radius 2 is 1.67 bits per heavy atom. The van der Waals surface area contributed by atoms with Gasteiger partial charge in [0.15, 0.2) is 0 Å². The van der Waals surface area contributed by atoms with Crippen molar-refractivity contribution in [1.29, 1.82) is 0 Å². The molecule has 0 heterocycles. The van der Waals surface area contributed by atoms with Gasteiger partial charge in [0.1, 0.15) is 0 Å². The monoisotopic (exact) mass is 196 g/mol. The average molecular weight is 196 g/mol. The van der Waals surface area contributed by atoms with Crippen molar-refractivity contribution < 1.29 is 0 Å². The van der Waals surface area contributed by atoms with E-state index >= 15 is 0 Å². The van der Waals surface area contributed by atoms with Crippen molar-refractivity contribution in [2.45, 2.75) is 0 Å². The summed E-state index contributed by atoms with van der Waals surface area (Å²) in [5.74, 6) is 0. The van der Waals surface area contributed by atoms with Crippen LogP contribution in [-0.2, 0) is 0 Å². The molecule has 2 aromatic carbocycles. The van der Waals surface area contributed by atoms with E-state index in [-0.39, 0.29) is 0 Å². The van der Waals surface area contributed by atoms with Gasteiger partial charge in [0.25, 0.3) is 0 Å². The van der Waals surface area contributed by atoms with E-state index in [1.807, 2.05) is 26.2 Å². The summed E-state index contributed by atoms with van der Waals surface area (Å²) in [6, 6.07) is 19.8. The van der Waals surface area contributed by atoms with E-state index < -0.39 is 0 Å². The molecule has 2 aromatic rings. The van der Waals surface area contributed by atoms with Crippen LogP contribution in [0.5, 0.6) is 0 Å². The summed E-state index contributed by atoms with van der Waals surface area (Å²) in [6.07, 6.45) is 0. The lowest BCUT2D eigenvalue weighted by Gasteiger charge is -2.13. The topological polar surface area (TPSA) is 3.24 Å². The van der Waals surface area contributed by atoms with E-state index in [4.69, 9.17) is 0 Å². The third-order valence-corrected chi connectivity index (χ3v) is 2.38. The largest absolute Gasteiger partial charge is 0.377 e. The number of nitrogens with zero attached hydrogens (tertiary/aromatic N) is 1. The van der Waals surface area contributed by atoms with E-state index in [1.165, 1.54) is 11.1 Å². The smallest absolute Gasteiger partial charge is 0.0447 e. The Kier molecular flexibility index (Phi) is 2.72. The highest BCUT2D eigenvalue weighted by atomic mass is 15.1. The Labute approximate surface area is 91.0 Å². The predicted molar refractivity (Wildman–Crippen MR) is 65.0 cm³/mol. The lowest BCUT2D eigenvalue weighted by molar-refractivity contribution is 1.13. The highest BCUT2D eigenvalue weighted by molar-refractivity contribution is 5.67. The zero-order chi connectivity index (χ0) is 10.7. The van der Waals surface area contributed by atoms with E-state index in [9.17, 15) is 0 Å². The molecule has 0 aromatic heterocycles. The number of rotatable bonds is 2. The van der Waals surface area contributed by atoms with Crippen molar-refractivity contribution in [3.8, 4) is 11.1 Å². The van der Waals surface area contributed by atoms with Gasteiger partial charge >= 0.3 is 0 Å². The van der Waals surface area contributed by atoms with Crippen LogP contribution < -0.4 is 4.90 Å². The van der Waals surface area contributed by atoms with Crippen LogP contribution >= 0.6 is 0 Å². The number of hydrogen-bond donors (Lipinski definition) is 0. The molecular weight excluding hydrogens is 182 g/mol. The van der Waals surface area contributed by atoms with Crippen LogP contribution in [0.2, 0.25) is 0 Å². The molecule has 1 radical (unpaired) electrons. The van der Waals surface area contributed by atoms with Crippen LogP contribution in [0.15, 0.2) is 48.5 Å². The molecule has 0 aliphatic carbocycles. The molecule has 75 valence electrons. The van der Waals surface area contributed by atoms with Gasteiger partial charge in [-0.05, 0) is 17.2 Å². The maximum atomic E-state index is 3.20. The van der Waals surface area contributed by atoms with Crippen molar-refractivity contribution in [1.82, 2.24) is 0 Å². The minimum absolute atomic E-state index is 1.11. The molecule has 0 spiro atoms. The molecule has 0 N–H and O–H groups in total. The number of benzene rings is 2. The maximum absolute atomic E-state index is 3.20. The summed E-state index contributed by atoms with van der Waals surface area (Å²) in [7, 11) is 4.06. The Bertz CT molecular complexity index is 432. The Hall–Kier alpha value is -1.76. The van der Waals surface area contributed by atoms with Crippen molar-refractivity contribution in [2.24, 2.45) is 0 Å². The normalized spacial score (nSPS) is 10.0. The van der Waals surface area contributed by atoms with Crippen molar-refractivity contribution in [3.63, 3.8) is 0 Å². The molecule has 0 atom stereocenters. The number of anilines is 1. The van der Waals surface area contributed by atoms with Crippen molar-refractivity contribution in [2.75, 3.05) is 19.0 Å². The van der Waals surface area contributed by atoms with Gasteiger partial charge in [-0.3, -0.25) is 0 Å². The quantitative estimate of drug-likeness (QED) is 0.712. The van der Waals surface area contributed by atoms with E-state index in [0.717, 1.165) is 5.69 Å². The highest BCUT2D eigenvalue weighted by Crippen LogP contribution is 2.22. The zero-order valence-electron chi connectivity index (χ0n) is 9.07. The SMILES string of the molecule is CN(C)c1[c]ccc(-c2ccccc2)c1. The van der Waals surface area contributed by atoms with Crippen LogP contribution in [-0.4, -0.2) is 14.1 Å². The summed E-state index contributed by atoms with van der Waals surface area (Å²) >= 11 is 0. The average Bonchev–Trinajstić information content (AvgIpc) is 2.30. The molecule has 1 nitrogen and oxygen atoms in total. The Balaban J connectivity index is 2.42. The summed E-state index contributed by atoms with van der Waals surface area (Å²) in [4.78, 5) is 2.06. The summed E-state index contributed by atoms with van der Waals surface area (Å²) < 4.78 is 0. The van der Waals surface area contributed by atoms with Gasteiger partial charge in [0.05, 0.1) is 0 Å². The molecule has 0 bridgehead atoms. The molecule has 0 amide bonds. The van der Waals surface area contributed by atoms with Gasteiger partial charge in [0, 0.05) is 25.8 Å². The molecule has 2 rings (SSSR count). The van der Waals surface area contributed by atoms with Gasteiger partial charge in [-0.1, -0.05) is 42.5 Å². The van der Waals surface area contributed by atoms with Gasteiger partial charge in [-0.2, -0.15) is 0 Å². The van der Waals surface area contributed by atoms with Crippen LogP contribution in [0.3, 0.4) is 0 Å². The van der Waals surface area contributed by atoms with Crippen LogP contribution in [0, 0.1) is 6.07 Å². The molecule has 15 heavy (non-hydrogen) atoms. The molecule has 0 aliphatic rings. The fraction of sp³-hybridized carbons (Fsp3) is 0.143. The second-order valence-corrected chi connectivity index (χ2v) is 3.72. The molecular formula is C14H14N. The zero-order valence-corrected chi connectivity index (χ0v) is 9.07. The summed E-state index contributed by atoms with van der Waals surface area (Å²) in [6.45, 7) is 0. The van der Waals surface area contributed by atoms with Gasteiger partial charge < -0.3 is 4.90 Å². The molecule has 0 aliphatic heterocycles. The predicted octanol–water partition coefficient (Wildman–Crippen LogP) is 3.22. The van der Waals surface area contributed by atoms with Crippen LogP contribution in [0.25, 0.3) is 11.1 Å². The van der Waals surface area contributed by atoms with E-state index in [1.54, 1.807) is 0 Å². The second-order valence-electron chi connectivity index (χ2n) is 3.72. The van der Waals surface area contributed by atoms with E-state index in [0.29, 0.717) is 0 Å². The molecule has 0 unspecified atom stereocenters.